The molecule has 0 amide bonds. The van der Waals surface area contributed by atoms with Crippen LogP contribution in [0.4, 0.5) is 0 Å². The average Bonchev–Trinajstić information content (AvgIpc) is 2.70. The molecule has 3 N–H and O–H groups in total. The number of benzene rings is 1. The number of fused-ring (bicyclic) bond motifs is 1. The Labute approximate surface area is 87.0 Å². The third kappa shape index (κ3) is 1.59. The average molecular weight is 204 g/mol. The number of nitrogens with one attached hydrogen (secondary N) is 1. The highest BCUT2D eigenvalue weighted by Gasteiger charge is 2.11. The van der Waals surface area contributed by atoms with Gasteiger partial charge in [-0.25, -0.2) is 4.79 Å². The lowest BCUT2D eigenvalue weighted by atomic mass is 10.1. The molecule has 1 aromatic heterocycles. The molecule has 4 nitrogen and oxygen atoms in total. The van der Waals surface area contributed by atoms with Gasteiger partial charge in [0.1, 0.15) is 0 Å². The van der Waals surface area contributed by atoms with Gasteiger partial charge in [0.2, 0.25) is 0 Å². The molecule has 0 aliphatic heterocycles. The summed E-state index contributed by atoms with van der Waals surface area (Å²) >= 11 is 0. The summed E-state index contributed by atoms with van der Waals surface area (Å²) < 4.78 is 4.69. The lowest BCUT2D eigenvalue weighted by Crippen LogP contribution is -2.00. The lowest BCUT2D eigenvalue weighted by Gasteiger charge is -1.99. The number of ether oxygens (including phenoxy) is 1. The van der Waals surface area contributed by atoms with Gasteiger partial charge in [0, 0.05) is 23.6 Å². The number of nitrogens with two attached hydrogens (primary N) is 1. The Bertz CT molecular complexity index is 502. The highest BCUT2D eigenvalue weighted by Crippen LogP contribution is 2.20. The van der Waals surface area contributed by atoms with Gasteiger partial charge in [-0.2, -0.15) is 0 Å². The van der Waals surface area contributed by atoms with E-state index in [0.29, 0.717) is 12.1 Å². The molecule has 0 atom stereocenters. The molecule has 0 spiro atoms. The fourth-order valence-corrected chi connectivity index (χ4v) is 1.57. The van der Waals surface area contributed by atoms with Crippen molar-refractivity contribution < 1.29 is 9.53 Å². The first kappa shape index (κ1) is 9.73. The van der Waals surface area contributed by atoms with Crippen LogP contribution in [-0.2, 0) is 11.3 Å². The van der Waals surface area contributed by atoms with Gasteiger partial charge in [-0.1, -0.05) is 6.07 Å². The smallest absolute Gasteiger partial charge is 0.340 e. The minimum absolute atomic E-state index is 0.338. The summed E-state index contributed by atoms with van der Waals surface area (Å²) in [5.41, 5.74) is 7.99. The van der Waals surface area contributed by atoms with Gasteiger partial charge in [-0.15, -0.1) is 0 Å². The molecule has 1 aromatic carbocycles. The van der Waals surface area contributed by atoms with E-state index in [1.807, 2.05) is 18.2 Å². The topological polar surface area (TPSA) is 68.1 Å². The molecule has 1 heterocycles. The second kappa shape index (κ2) is 3.74. The van der Waals surface area contributed by atoms with Gasteiger partial charge in [-0.05, 0) is 17.7 Å². The van der Waals surface area contributed by atoms with Crippen LogP contribution in [0.2, 0.25) is 0 Å². The number of aromatic nitrogens is 1. The van der Waals surface area contributed by atoms with Crippen LogP contribution < -0.4 is 5.73 Å². The predicted molar refractivity (Wildman–Crippen MR) is 57.5 cm³/mol. The molecule has 0 unspecified atom stereocenters. The van der Waals surface area contributed by atoms with E-state index in [4.69, 9.17) is 5.73 Å². The van der Waals surface area contributed by atoms with Crippen molar-refractivity contribution in [2.75, 3.05) is 7.11 Å². The van der Waals surface area contributed by atoms with Crippen molar-refractivity contribution in [1.29, 1.82) is 0 Å². The second-order valence-corrected chi connectivity index (χ2v) is 3.28. The normalized spacial score (nSPS) is 10.5. The van der Waals surface area contributed by atoms with Gasteiger partial charge < -0.3 is 15.5 Å². The van der Waals surface area contributed by atoms with Crippen LogP contribution in [0, 0.1) is 0 Å². The molecular weight excluding hydrogens is 192 g/mol. The van der Waals surface area contributed by atoms with Gasteiger partial charge in [0.05, 0.1) is 12.7 Å². The van der Waals surface area contributed by atoms with Crippen LogP contribution in [0.1, 0.15) is 15.9 Å². The summed E-state index contributed by atoms with van der Waals surface area (Å²) in [6.07, 6.45) is 1.65. The molecule has 0 saturated carbocycles. The third-order valence-electron chi connectivity index (χ3n) is 2.39. The first-order chi connectivity index (χ1) is 7.26. The number of hydrogen-bond acceptors (Lipinski definition) is 3. The van der Waals surface area contributed by atoms with Crippen LogP contribution >= 0.6 is 0 Å². The highest BCUT2D eigenvalue weighted by atomic mass is 16.5. The molecule has 0 saturated heterocycles. The largest absolute Gasteiger partial charge is 0.465 e. The van der Waals surface area contributed by atoms with Gasteiger partial charge in [-0.3, -0.25) is 0 Å². The second-order valence-electron chi connectivity index (χ2n) is 3.28. The summed E-state index contributed by atoms with van der Waals surface area (Å²) in [5.74, 6) is -0.338. The molecule has 15 heavy (non-hydrogen) atoms. The first-order valence-electron chi connectivity index (χ1n) is 4.64. The number of carbonyl (C=O) groups is 1. The van der Waals surface area contributed by atoms with E-state index in [1.165, 1.54) is 7.11 Å². The van der Waals surface area contributed by atoms with E-state index in [-0.39, 0.29) is 5.97 Å². The zero-order valence-corrected chi connectivity index (χ0v) is 8.41. The van der Waals surface area contributed by atoms with E-state index in [2.05, 4.69) is 9.72 Å². The van der Waals surface area contributed by atoms with Crippen molar-refractivity contribution in [3.8, 4) is 0 Å². The Kier molecular flexibility index (Phi) is 2.43. The number of rotatable bonds is 2. The summed E-state index contributed by atoms with van der Waals surface area (Å²) in [7, 11) is 1.37. The van der Waals surface area contributed by atoms with Crippen molar-refractivity contribution in [3.05, 3.63) is 35.5 Å². The number of hydrogen-bond donors (Lipinski definition) is 2. The lowest BCUT2D eigenvalue weighted by molar-refractivity contribution is 0.0603. The molecule has 2 rings (SSSR count). The maximum absolute atomic E-state index is 11.4. The fourth-order valence-electron chi connectivity index (χ4n) is 1.57. The van der Waals surface area contributed by atoms with E-state index >= 15 is 0 Å². The maximum Gasteiger partial charge on any atom is 0.340 e. The molecule has 0 fully saturated rings. The number of carbonyl (C=O) groups excluding carboxylic acids is 1. The third-order valence-corrected chi connectivity index (χ3v) is 2.39. The molecule has 4 heteroatoms. The van der Waals surface area contributed by atoms with Gasteiger partial charge in [0.25, 0.3) is 0 Å². The molecule has 0 aliphatic rings. The Morgan fingerprint density at radius 2 is 2.33 bits per heavy atom. The SMILES string of the molecule is COC(=O)c1c[nH]c2ccc(CN)cc12. The van der Waals surface area contributed by atoms with Crippen molar-refractivity contribution in [2.45, 2.75) is 6.54 Å². The van der Waals surface area contributed by atoms with E-state index in [0.717, 1.165) is 16.5 Å². The quantitative estimate of drug-likeness (QED) is 0.727. The summed E-state index contributed by atoms with van der Waals surface area (Å²) in [4.78, 5) is 14.4. The first-order valence-corrected chi connectivity index (χ1v) is 4.64. The minimum atomic E-state index is -0.338. The molecule has 78 valence electrons. The number of esters is 1. The van der Waals surface area contributed by atoms with Gasteiger partial charge >= 0.3 is 5.97 Å². The van der Waals surface area contributed by atoms with Crippen LogP contribution in [0.25, 0.3) is 10.9 Å². The van der Waals surface area contributed by atoms with Crippen molar-refractivity contribution in [2.24, 2.45) is 5.73 Å². The van der Waals surface area contributed by atoms with Crippen LogP contribution in [0.3, 0.4) is 0 Å². The Balaban J connectivity index is 2.61. The van der Waals surface area contributed by atoms with E-state index < -0.39 is 0 Å². The standard InChI is InChI=1S/C11H12N2O2/c1-15-11(14)9-6-13-10-3-2-7(5-12)4-8(9)10/h2-4,6,13H,5,12H2,1H3. The number of methoxy groups -OCH3 is 1. The van der Waals surface area contributed by atoms with E-state index in [9.17, 15) is 4.79 Å². The Morgan fingerprint density at radius 3 is 3.00 bits per heavy atom. The highest BCUT2D eigenvalue weighted by molar-refractivity contribution is 6.04. The molecule has 0 bridgehead atoms. The van der Waals surface area contributed by atoms with Crippen molar-refractivity contribution in [1.82, 2.24) is 4.98 Å². The molecule has 2 aromatic rings. The zero-order chi connectivity index (χ0) is 10.8. The Morgan fingerprint density at radius 1 is 1.53 bits per heavy atom. The summed E-state index contributed by atoms with van der Waals surface area (Å²) in [6.45, 7) is 0.460. The summed E-state index contributed by atoms with van der Waals surface area (Å²) in [6, 6.07) is 5.74. The van der Waals surface area contributed by atoms with Crippen LogP contribution in [-0.4, -0.2) is 18.1 Å². The van der Waals surface area contributed by atoms with E-state index in [1.54, 1.807) is 6.20 Å². The molecule has 0 radical (unpaired) electrons. The maximum atomic E-state index is 11.4. The number of H-pyrrole nitrogens is 1. The van der Waals surface area contributed by atoms with Crippen molar-refractivity contribution in [3.63, 3.8) is 0 Å². The minimum Gasteiger partial charge on any atom is -0.465 e. The van der Waals surface area contributed by atoms with Crippen LogP contribution in [0.15, 0.2) is 24.4 Å². The predicted octanol–water partition coefficient (Wildman–Crippen LogP) is 1.41. The molecular formula is C11H12N2O2. The number of aromatic amines is 1. The van der Waals surface area contributed by atoms with Crippen LogP contribution in [0.5, 0.6) is 0 Å². The summed E-state index contributed by atoms with van der Waals surface area (Å²) in [5, 5.41) is 0.852. The zero-order valence-electron chi connectivity index (χ0n) is 8.41. The van der Waals surface area contributed by atoms with Crippen molar-refractivity contribution >= 4 is 16.9 Å². The van der Waals surface area contributed by atoms with Gasteiger partial charge in [0.15, 0.2) is 0 Å². The Hall–Kier alpha value is -1.81. The monoisotopic (exact) mass is 204 g/mol. The fraction of sp³-hybridized carbons (Fsp3) is 0.182. The molecule has 0 aliphatic carbocycles.